The van der Waals surface area contributed by atoms with Crippen molar-refractivity contribution < 1.29 is 24.6 Å². The lowest BCUT2D eigenvalue weighted by atomic mass is 9.89. The van der Waals surface area contributed by atoms with Crippen LogP contribution in [0, 0.1) is 18.8 Å². The zero-order valence-electron chi connectivity index (χ0n) is 24.8. The SMILES string of the molecule is CCCN(CCC)C(=O)c1ccc(C)c(C(=O)N[C@@H](CC(C)C)[C@@H](O)[C@H](O)[C@@H](C)C(=O)NCc2ccccc2)c1. The first kappa shape index (κ1) is 33.0. The van der Waals surface area contributed by atoms with E-state index in [0.717, 1.165) is 18.4 Å². The highest BCUT2D eigenvalue weighted by Crippen LogP contribution is 2.19. The summed E-state index contributed by atoms with van der Waals surface area (Å²) in [6, 6.07) is 13.7. The number of aliphatic hydroxyl groups is 2. The van der Waals surface area contributed by atoms with Gasteiger partial charge in [-0.3, -0.25) is 14.4 Å². The lowest BCUT2D eigenvalue weighted by Crippen LogP contribution is -2.53. The fourth-order valence-electron chi connectivity index (χ4n) is 4.71. The van der Waals surface area contributed by atoms with E-state index in [9.17, 15) is 24.6 Å². The lowest BCUT2D eigenvalue weighted by molar-refractivity contribution is -0.132. The minimum atomic E-state index is -1.40. The Kier molecular flexibility index (Phi) is 13.3. The maximum atomic E-state index is 13.4. The highest BCUT2D eigenvalue weighted by atomic mass is 16.3. The van der Waals surface area contributed by atoms with Crippen molar-refractivity contribution in [3.05, 3.63) is 70.8 Å². The van der Waals surface area contributed by atoms with E-state index in [2.05, 4.69) is 10.6 Å². The molecule has 2 rings (SSSR count). The summed E-state index contributed by atoms with van der Waals surface area (Å²) in [4.78, 5) is 41.1. The molecule has 8 heteroatoms. The highest BCUT2D eigenvalue weighted by molar-refractivity contribution is 6.00. The van der Waals surface area contributed by atoms with Gasteiger partial charge in [-0.2, -0.15) is 0 Å². The van der Waals surface area contributed by atoms with Crippen LogP contribution in [0.15, 0.2) is 48.5 Å². The van der Waals surface area contributed by atoms with Crippen LogP contribution in [-0.2, 0) is 11.3 Å². The number of benzene rings is 2. The van der Waals surface area contributed by atoms with Gasteiger partial charge in [0.25, 0.3) is 11.8 Å². The molecular formula is C32H47N3O5. The Morgan fingerprint density at radius 3 is 2.10 bits per heavy atom. The first-order valence-corrected chi connectivity index (χ1v) is 14.4. The van der Waals surface area contributed by atoms with Crippen LogP contribution in [0.1, 0.15) is 85.7 Å². The fourth-order valence-corrected chi connectivity index (χ4v) is 4.71. The Bertz CT molecular complexity index is 1100. The fraction of sp³-hybridized carbons (Fsp3) is 0.531. The monoisotopic (exact) mass is 553 g/mol. The first-order chi connectivity index (χ1) is 19.0. The molecule has 0 fully saturated rings. The molecular weight excluding hydrogens is 506 g/mol. The number of nitrogens with one attached hydrogen (secondary N) is 2. The molecule has 0 saturated carbocycles. The number of nitrogens with zero attached hydrogens (tertiary/aromatic N) is 1. The zero-order chi connectivity index (χ0) is 29.8. The molecule has 0 aliphatic rings. The quantitative estimate of drug-likeness (QED) is 0.265. The van der Waals surface area contributed by atoms with Crippen molar-refractivity contribution in [2.45, 2.75) is 85.6 Å². The van der Waals surface area contributed by atoms with Crippen LogP contribution in [-0.4, -0.2) is 64.2 Å². The summed E-state index contributed by atoms with van der Waals surface area (Å²) in [6.45, 7) is 12.9. The second-order valence-corrected chi connectivity index (χ2v) is 11.0. The molecule has 0 heterocycles. The normalized spacial score (nSPS) is 14.2. The van der Waals surface area contributed by atoms with E-state index in [4.69, 9.17) is 0 Å². The summed E-state index contributed by atoms with van der Waals surface area (Å²) in [5, 5.41) is 27.7. The van der Waals surface area contributed by atoms with Crippen molar-refractivity contribution >= 4 is 17.7 Å². The van der Waals surface area contributed by atoms with Crippen LogP contribution in [0.5, 0.6) is 0 Å². The second-order valence-electron chi connectivity index (χ2n) is 11.0. The summed E-state index contributed by atoms with van der Waals surface area (Å²) in [5.41, 5.74) is 2.38. The molecule has 220 valence electrons. The number of hydrogen-bond acceptors (Lipinski definition) is 5. The van der Waals surface area contributed by atoms with Gasteiger partial charge in [-0.25, -0.2) is 0 Å². The van der Waals surface area contributed by atoms with Crippen molar-refractivity contribution in [3.8, 4) is 0 Å². The Morgan fingerprint density at radius 2 is 1.52 bits per heavy atom. The molecule has 4 atom stereocenters. The Hall–Kier alpha value is -3.23. The number of aliphatic hydroxyl groups excluding tert-OH is 2. The van der Waals surface area contributed by atoms with E-state index >= 15 is 0 Å². The molecule has 2 aromatic rings. The van der Waals surface area contributed by atoms with Crippen molar-refractivity contribution in [1.82, 2.24) is 15.5 Å². The van der Waals surface area contributed by atoms with Crippen LogP contribution < -0.4 is 10.6 Å². The van der Waals surface area contributed by atoms with Crippen molar-refractivity contribution in [2.75, 3.05) is 13.1 Å². The molecule has 0 aliphatic carbocycles. The van der Waals surface area contributed by atoms with E-state index in [1.54, 1.807) is 36.9 Å². The van der Waals surface area contributed by atoms with Gasteiger partial charge in [0.05, 0.1) is 18.1 Å². The van der Waals surface area contributed by atoms with E-state index in [0.29, 0.717) is 42.7 Å². The molecule has 0 saturated heterocycles. The molecule has 0 spiro atoms. The number of rotatable bonds is 15. The van der Waals surface area contributed by atoms with Gasteiger partial charge in [-0.15, -0.1) is 0 Å². The number of hydrogen-bond donors (Lipinski definition) is 4. The van der Waals surface area contributed by atoms with Crippen LogP contribution in [0.25, 0.3) is 0 Å². The van der Waals surface area contributed by atoms with Gasteiger partial charge in [0.15, 0.2) is 0 Å². The number of amides is 3. The maximum absolute atomic E-state index is 13.4. The molecule has 8 nitrogen and oxygen atoms in total. The molecule has 0 radical (unpaired) electrons. The van der Waals surface area contributed by atoms with Gasteiger partial charge < -0.3 is 25.7 Å². The molecule has 2 aromatic carbocycles. The van der Waals surface area contributed by atoms with Crippen LogP contribution in [0.2, 0.25) is 0 Å². The van der Waals surface area contributed by atoms with Gasteiger partial charge in [0.1, 0.15) is 6.10 Å². The van der Waals surface area contributed by atoms with Crippen LogP contribution >= 0.6 is 0 Å². The predicted octanol–water partition coefficient (Wildman–Crippen LogP) is 4.08. The summed E-state index contributed by atoms with van der Waals surface area (Å²) < 4.78 is 0. The van der Waals surface area contributed by atoms with Gasteiger partial charge in [-0.1, -0.05) is 71.0 Å². The lowest BCUT2D eigenvalue weighted by Gasteiger charge is -2.31. The van der Waals surface area contributed by atoms with Gasteiger partial charge in [0.2, 0.25) is 5.91 Å². The maximum Gasteiger partial charge on any atom is 0.253 e. The van der Waals surface area contributed by atoms with Gasteiger partial charge >= 0.3 is 0 Å². The third kappa shape index (κ3) is 9.45. The summed E-state index contributed by atoms with van der Waals surface area (Å²) in [5.74, 6) is -1.77. The van der Waals surface area contributed by atoms with Gasteiger partial charge in [0, 0.05) is 30.8 Å². The van der Waals surface area contributed by atoms with E-state index in [1.807, 2.05) is 58.0 Å². The third-order valence-corrected chi connectivity index (χ3v) is 7.04. The minimum Gasteiger partial charge on any atom is -0.390 e. The average molecular weight is 554 g/mol. The Balaban J connectivity index is 2.18. The number of carbonyl (C=O) groups is 3. The smallest absolute Gasteiger partial charge is 0.253 e. The van der Waals surface area contributed by atoms with Crippen molar-refractivity contribution in [1.29, 1.82) is 0 Å². The number of aryl methyl sites for hydroxylation is 1. The molecule has 0 aromatic heterocycles. The molecule has 0 unspecified atom stereocenters. The van der Waals surface area contributed by atoms with Gasteiger partial charge in [-0.05, 0) is 55.4 Å². The average Bonchev–Trinajstić information content (AvgIpc) is 2.94. The summed E-state index contributed by atoms with van der Waals surface area (Å²) >= 11 is 0. The topological polar surface area (TPSA) is 119 Å². The molecule has 0 aliphatic heterocycles. The molecule has 4 N–H and O–H groups in total. The Morgan fingerprint density at radius 1 is 0.900 bits per heavy atom. The van der Waals surface area contributed by atoms with E-state index in [1.165, 1.54) is 0 Å². The molecule has 0 bridgehead atoms. The minimum absolute atomic E-state index is 0.0972. The predicted molar refractivity (Wildman–Crippen MR) is 158 cm³/mol. The molecule has 40 heavy (non-hydrogen) atoms. The summed E-state index contributed by atoms with van der Waals surface area (Å²) in [7, 11) is 0. The standard InChI is InChI=1S/C32H47N3O5/c1-7-16-35(17-8-2)32(40)25-15-14-22(5)26(19-25)31(39)34-27(18-21(3)4)29(37)28(36)23(6)30(38)33-20-24-12-10-9-11-13-24/h9-15,19,21,23,27-29,36-37H,7-8,16-18,20H2,1-6H3,(H,33,38)(H,34,39)/t23-,27+,28-,29-/m1/s1. The van der Waals surface area contributed by atoms with E-state index < -0.39 is 36.0 Å². The summed E-state index contributed by atoms with van der Waals surface area (Å²) in [6.07, 6.45) is -0.708. The van der Waals surface area contributed by atoms with Crippen LogP contribution in [0.4, 0.5) is 0 Å². The first-order valence-electron chi connectivity index (χ1n) is 14.4. The van der Waals surface area contributed by atoms with Crippen LogP contribution in [0.3, 0.4) is 0 Å². The highest BCUT2D eigenvalue weighted by Gasteiger charge is 2.35. The van der Waals surface area contributed by atoms with E-state index in [-0.39, 0.29) is 11.8 Å². The second kappa shape index (κ2) is 16.1. The zero-order valence-corrected chi connectivity index (χ0v) is 24.8. The number of carbonyl (C=O) groups excluding carboxylic acids is 3. The molecule has 3 amide bonds. The largest absolute Gasteiger partial charge is 0.390 e. The van der Waals surface area contributed by atoms with Crippen molar-refractivity contribution in [2.24, 2.45) is 11.8 Å². The Labute approximate surface area is 239 Å². The third-order valence-electron chi connectivity index (χ3n) is 7.04. The van der Waals surface area contributed by atoms with Crippen molar-refractivity contribution in [3.63, 3.8) is 0 Å².